The number of nitroso groups, excluding NO2 is 1. The molecule has 2 aliphatic rings. The van der Waals surface area contributed by atoms with Crippen LogP contribution in [0.25, 0.3) is 12.2 Å². The van der Waals surface area contributed by atoms with E-state index in [9.17, 15) is 45.8 Å². The van der Waals surface area contributed by atoms with Gasteiger partial charge in [-0.2, -0.15) is 0 Å². The number of aliphatic hydroxyl groups excluding tert-OH is 8. The van der Waals surface area contributed by atoms with E-state index < -0.39 is 74.3 Å². The number of benzene rings is 1. The van der Waals surface area contributed by atoms with Gasteiger partial charge in [-0.1, -0.05) is 36.4 Å². The quantitative estimate of drug-likeness (QED) is 0.180. The first-order valence-corrected chi connectivity index (χ1v) is 11.6. The molecule has 10 unspecified atom stereocenters. The monoisotopic (exact) mass is 511 g/mol. The molecule has 12 nitrogen and oxygen atoms in total. The van der Waals surface area contributed by atoms with E-state index in [1.807, 2.05) is 0 Å². The van der Waals surface area contributed by atoms with Crippen LogP contribution in [-0.2, 0) is 9.47 Å². The van der Waals surface area contributed by atoms with Gasteiger partial charge in [0.25, 0.3) is 0 Å². The Kier molecular flexibility index (Phi) is 10.2. The van der Waals surface area contributed by atoms with Crippen molar-refractivity contribution in [3.8, 4) is 0 Å². The van der Waals surface area contributed by atoms with Crippen molar-refractivity contribution < 1.29 is 50.3 Å². The van der Waals surface area contributed by atoms with Crippen LogP contribution in [0, 0.1) is 4.91 Å². The largest absolute Gasteiger partial charge is 0.394 e. The van der Waals surface area contributed by atoms with E-state index in [-0.39, 0.29) is 18.5 Å². The van der Waals surface area contributed by atoms with Crippen LogP contribution in [0.1, 0.15) is 24.0 Å². The van der Waals surface area contributed by atoms with Crippen LogP contribution in [0.5, 0.6) is 0 Å². The van der Waals surface area contributed by atoms with E-state index >= 15 is 0 Å². The highest BCUT2D eigenvalue weighted by atomic mass is 16.5. The third kappa shape index (κ3) is 6.42. The van der Waals surface area contributed by atoms with Crippen molar-refractivity contribution >= 4 is 17.8 Å². The Morgan fingerprint density at radius 2 is 1.17 bits per heavy atom. The van der Waals surface area contributed by atoms with Crippen molar-refractivity contribution in [1.29, 1.82) is 0 Å². The zero-order valence-electron chi connectivity index (χ0n) is 19.4. The molecular weight excluding hydrogens is 478 g/mol. The van der Waals surface area contributed by atoms with Gasteiger partial charge in [-0.3, -0.25) is 0 Å². The Bertz CT molecular complexity index is 921. The third-order valence-electron chi connectivity index (χ3n) is 6.48. The molecule has 0 spiro atoms. The van der Waals surface area contributed by atoms with Crippen molar-refractivity contribution in [2.24, 2.45) is 5.18 Å². The average molecular weight is 512 g/mol. The number of ether oxygens (including phenoxy) is 2. The molecule has 0 bridgehead atoms. The Balaban J connectivity index is 1.61. The maximum atomic E-state index is 11.4. The minimum absolute atomic E-state index is 0.134. The second-order valence-electron chi connectivity index (χ2n) is 8.92. The van der Waals surface area contributed by atoms with Crippen molar-refractivity contribution in [3.63, 3.8) is 0 Å². The molecule has 10 atom stereocenters. The smallest absolute Gasteiger partial charge is 0.115 e. The number of nitrogens with zero attached hydrogens (tertiary/aromatic N) is 1. The SMILES string of the molecule is O=Nc1cc(C=CCC2OC(CO)C(O)C(O)C2O)ccc1C=CCC1OC(CO)C(O)C(O)C1O. The lowest BCUT2D eigenvalue weighted by molar-refractivity contribution is -0.227. The Morgan fingerprint density at radius 3 is 1.64 bits per heavy atom. The standard InChI is InChI=1S/C24H33NO11/c26-10-17-21(30)23(32)19(28)15(35-17)5-1-3-12-7-8-13(14(9-12)25-34)4-2-6-16-20(29)24(33)22(31)18(11-27)36-16/h1-4,7-9,15-24,26-33H,5-6,10-11H2. The van der Waals surface area contributed by atoms with Gasteiger partial charge in [0.05, 0.1) is 25.4 Å². The molecule has 3 rings (SSSR count). The highest BCUT2D eigenvalue weighted by Gasteiger charge is 2.43. The predicted octanol–water partition coefficient (Wildman–Crippen LogP) is -1.42. The first kappa shape index (κ1) is 28.5. The van der Waals surface area contributed by atoms with Gasteiger partial charge >= 0.3 is 0 Å². The fourth-order valence-corrected chi connectivity index (χ4v) is 4.30. The second kappa shape index (κ2) is 12.9. The van der Waals surface area contributed by atoms with Crippen LogP contribution < -0.4 is 0 Å². The summed E-state index contributed by atoms with van der Waals surface area (Å²) in [7, 11) is 0. The minimum Gasteiger partial charge on any atom is -0.394 e. The van der Waals surface area contributed by atoms with Gasteiger partial charge < -0.3 is 50.3 Å². The summed E-state index contributed by atoms with van der Waals surface area (Å²) in [6.07, 6.45) is -5.30. The molecule has 0 aliphatic carbocycles. The molecule has 1 aromatic rings. The average Bonchev–Trinajstić information content (AvgIpc) is 2.89. The molecule has 2 saturated heterocycles. The van der Waals surface area contributed by atoms with E-state index in [0.717, 1.165) is 0 Å². The van der Waals surface area contributed by atoms with E-state index in [2.05, 4.69) is 5.18 Å². The lowest BCUT2D eigenvalue weighted by atomic mass is 9.93. The molecule has 2 aliphatic heterocycles. The molecule has 8 N–H and O–H groups in total. The van der Waals surface area contributed by atoms with Crippen LogP contribution in [0.2, 0.25) is 0 Å². The number of hydrogen-bond acceptors (Lipinski definition) is 12. The Labute approximate surface area is 207 Å². The molecule has 0 saturated carbocycles. The molecular formula is C24H33NO11. The first-order chi connectivity index (χ1) is 17.2. The molecule has 2 heterocycles. The summed E-state index contributed by atoms with van der Waals surface area (Å²) in [6, 6.07) is 4.89. The van der Waals surface area contributed by atoms with Crippen LogP contribution in [-0.4, -0.2) is 115 Å². The van der Waals surface area contributed by atoms with E-state index in [1.165, 1.54) is 6.07 Å². The van der Waals surface area contributed by atoms with Crippen molar-refractivity contribution in [2.45, 2.75) is 73.9 Å². The second-order valence-corrected chi connectivity index (χ2v) is 8.92. The number of hydrogen-bond donors (Lipinski definition) is 8. The fraction of sp³-hybridized carbons (Fsp3) is 0.583. The van der Waals surface area contributed by atoms with Crippen molar-refractivity contribution in [3.05, 3.63) is 46.4 Å². The summed E-state index contributed by atoms with van der Waals surface area (Å²) in [5.41, 5.74) is 1.25. The topological polar surface area (TPSA) is 210 Å². The maximum Gasteiger partial charge on any atom is 0.115 e. The summed E-state index contributed by atoms with van der Waals surface area (Å²) >= 11 is 0. The molecule has 1 aromatic carbocycles. The Hall–Kier alpha value is -2.10. The molecule has 0 radical (unpaired) electrons. The fourth-order valence-electron chi connectivity index (χ4n) is 4.30. The van der Waals surface area contributed by atoms with Gasteiger partial charge in [-0.25, -0.2) is 0 Å². The van der Waals surface area contributed by atoms with E-state index in [0.29, 0.717) is 11.1 Å². The Morgan fingerprint density at radius 1 is 0.694 bits per heavy atom. The van der Waals surface area contributed by atoms with Gasteiger partial charge in [-0.05, 0) is 29.6 Å². The lowest BCUT2D eigenvalue weighted by Gasteiger charge is -2.39. The summed E-state index contributed by atoms with van der Waals surface area (Å²) in [4.78, 5) is 11.4. The summed E-state index contributed by atoms with van der Waals surface area (Å²) < 4.78 is 10.9. The zero-order valence-corrected chi connectivity index (χ0v) is 19.4. The van der Waals surface area contributed by atoms with E-state index in [4.69, 9.17) is 9.47 Å². The summed E-state index contributed by atoms with van der Waals surface area (Å²) in [5.74, 6) is 0. The third-order valence-corrected chi connectivity index (χ3v) is 6.48. The summed E-state index contributed by atoms with van der Waals surface area (Å²) in [6.45, 7) is -1.03. The molecule has 36 heavy (non-hydrogen) atoms. The van der Waals surface area contributed by atoms with Gasteiger partial charge in [-0.15, -0.1) is 4.91 Å². The van der Waals surface area contributed by atoms with Crippen LogP contribution in [0.4, 0.5) is 5.69 Å². The number of rotatable bonds is 9. The van der Waals surface area contributed by atoms with Crippen molar-refractivity contribution in [2.75, 3.05) is 13.2 Å². The number of aliphatic hydroxyl groups is 8. The highest BCUT2D eigenvalue weighted by molar-refractivity contribution is 5.68. The molecule has 2 fully saturated rings. The van der Waals surface area contributed by atoms with Gasteiger partial charge in [0.1, 0.15) is 54.5 Å². The van der Waals surface area contributed by atoms with Crippen LogP contribution in [0.15, 0.2) is 35.5 Å². The molecule has 12 heteroatoms. The summed E-state index contributed by atoms with van der Waals surface area (Å²) in [5, 5.41) is 81.3. The van der Waals surface area contributed by atoms with E-state index in [1.54, 1.807) is 36.4 Å². The van der Waals surface area contributed by atoms with Crippen molar-refractivity contribution in [1.82, 2.24) is 0 Å². The minimum atomic E-state index is -1.46. The van der Waals surface area contributed by atoms with Gasteiger partial charge in [0.2, 0.25) is 0 Å². The molecule has 200 valence electrons. The van der Waals surface area contributed by atoms with Gasteiger partial charge in [0, 0.05) is 5.56 Å². The molecule has 0 aromatic heterocycles. The molecule has 0 amide bonds. The maximum absolute atomic E-state index is 11.4. The van der Waals surface area contributed by atoms with Crippen LogP contribution >= 0.6 is 0 Å². The van der Waals surface area contributed by atoms with Gasteiger partial charge in [0.15, 0.2) is 0 Å². The van der Waals surface area contributed by atoms with Crippen LogP contribution in [0.3, 0.4) is 0 Å². The highest BCUT2D eigenvalue weighted by Crippen LogP contribution is 2.27. The first-order valence-electron chi connectivity index (χ1n) is 11.6. The zero-order chi connectivity index (χ0) is 26.4. The normalized spacial score (nSPS) is 37.6. The lowest BCUT2D eigenvalue weighted by Crippen LogP contribution is -2.58. The predicted molar refractivity (Wildman–Crippen MR) is 127 cm³/mol.